The number of carbonyl (C=O) groups excluding carboxylic acids is 1. The molecule has 0 atom stereocenters. The van der Waals surface area contributed by atoms with Crippen molar-refractivity contribution >= 4 is 6.09 Å². The van der Waals surface area contributed by atoms with Crippen LogP contribution in [-0.2, 0) is 9.47 Å². The number of nitrogens with zero attached hydrogens (tertiary/aromatic N) is 1. The predicted molar refractivity (Wildman–Crippen MR) is 43.7 cm³/mol. The summed E-state index contributed by atoms with van der Waals surface area (Å²) in [6.07, 6.45) is 2.77. The standard InChI is InChI=1S/C8H13NO3/c1-2-5-12-8(10)9-3-6-11-7-4-9/h2,5H,3-4,6-7H2,1H3/b5-2-. The molecule has 1 fully saturated rings. The molecule has 0 aromatic rings. The van der Waals surface area contributed by atoms with Crippen molar-refractivity contribution in [3.05, 3.63) is 12.3 Å². The normalized spacial score (nSPS) is 18.2. The molecule has 0 unspecified atom stereocenters. The van der Waals surface area contributed by atoms with Gasteiger partial charge in [0.1, 0.15) is 0 Å². The first-order valence-electron chi connectivity index (χ1n) is 3.99. The smallest absolute Gasteiger partial charge is 0.414 e. The van der Waals surface area contributed by atoms with Crippen molar-refractivity contribution in [3.8, 4) is 0 Å². The lowest BCUT2D eigenvalue weighted by Gasteiger charge is -2.25. The van der Waals surface area contributed by atoms with Gasteiger partial charge in [-0.05, 0) is 6.92 Å². The molecule has 1 heterocycles. The molecular weight excluding hydrogens is 158 g/mol. The van der Waals surface area contributed by atoms with Gasteiger partial charge in [0.25, 0.3) is 0 Å². The lowest BCUT2D eigenvalue weighted by atomic mass is 10.5. The Balaban J connectivity index is 2.29. The van der Waals surface area contributed by atoms with Crippen LogP contribution < -0.4 is 0 Å². The van der Waals surface area contributed by atoms with E-state index in [0.29, 0.717) is 26.3 Å². The third kappa shape index (κ3) is 2.54. The summed E-state index contributed by atoms with van der Waals surface area (Å²) in [7, 11) is 0. The van der Waals surface area contributed by atoms with E-state index in [-0.39, 0.29) is 6.09 Å². The third-order valence-corrected chi connectivity index (χ3v) is 1.57. The summed E-state index contributed by atoms with van der Waals surface area (Å²) >= 11 is 0. The molecule has 1 rings (SSSR count). The zero-order valence-corrected chi connectivity index (χ0v) is 7.16. The van der Waals surface area contributed by atoms with Crippen LogP contribution in [-0.4, -0.2) is 37.3 Å². The van der Waals surface area contributed by atoms with Crippen LogP contribution in [0, 0.1) is 0 Å². The van der Waals surface area contributed by atoms with Crippen molar-refractivity contribution in [1.82, 2.24) is 4.90 Å². The van der Waals surface area contributed by atoms with E-state index in [0.717, 1.165) is 0 Å². The number of hydrogen-bond acceptors (Lipinski definition) is 3. The Hall–Kier alpha value is -1.03. The predicted octanol–water partition coefficient (Wildman–Crippen LogP) is 0.989. The maximum Gasteiger partial charge on any atom is 0.414 e. The first-order chi connectivity index (χ1) is 5.84. The Morgan fingerprint density at radius 3 is 2.75 bits per heavy atom. The van der Waals surface area contributed by atoms with Gasteiger partial charge in [-0.15, -0.1) is 0 Å². The molecule has 4 nitrogen and oxygen atoms in total. The molecule has 0 N–H and O–H groups in total. The van der Waals surface area contributed by atoms with Crippen molar-refractivity contribution in [3.63, 3.8) is 0 Å². The van der Waals surface area contributed by atoms with Crippen LogP contribution in [0.25, 0.3) is 0 Å². The Labute approximate surface area is 71.7 Å². The monoisotopic (exact) mass is 171 g/mol. The molecular formula is C8H13NO3. The number of ether oxygens (including phenoxy) is 2. The summed E-state index contributed by atoms with van der Waals surface area (Å²) in [5.41, 5.74) is 0. The molecule has 0 aromatic carbocycles. The SMILES string of the molecule is C/C=C\OC(=O)N1CCOCC1. The number of allylic oxidation sites excluding steroid dienone is 1. The molecule has 0 bridgehead atoms. The third-order valence-electron chi connectivity index (χ3n) is 1.57. The highest BCUT2D eigenvalue weighted by Gasteiger charge is 2.16. The minimum Gasteiger partial charge on any atom is -0.419 e. The fraction of sp³-hybridized carbons (Fsp3) is 0.625. The highest BCUT2D eigenvalue weighted by atomic mass is 16.5. The van der Waals surface area contributed by atoms with Gasteiger partial charge in [0, 0.05) is 13.1 Å². The topological polar surface area (TPSA) is 38.8 Å². The Bertz CT molecular complexity index is 173. The maximum absolute atomic E-state index is 11.2. The number of amides is 1. The number of carbonyl (C=O) groups is 1. The summed E-state index contributed by atoms with van der Waals surface area (Å²) in [5, 5.41) is 0. The summed E-state index contributed by atoms with van der Waals surface area (Å²) in [6, 6.07) is 0. The van der Waals surface area contributed by atoms with Gasteiger partial charge in [-0.25, -0.2) is 4.79 Å². The molecule has 0 aliphatic carbocycles. The van der Waals surface area contributed by atoms with Gasteiger partial charge in [-0.3, -0.25) is 0 Å². The van der Waals surface area contributed by atoms with E-state index < -0.39 is 0 Å². The van der Waals surface area contributed by atoms with Crippen LogP contribution in [0.15, 0.2) is 12.3 Å². The highest BCUT2D eigenvalue weighted by molar-refractivity contribution is 5.68. The Kier molecular flexibility index (Phi) is 3.60. The summed E-state index contributed by atoms with van der Waals surface area (Å²) in [6.45, 7) is 4.25. The molecule has 0 spiro atoms. The average molecular weight is 171 g/mol. The Morgan fingerprint density at radius 2 is 2.17 bits per heavy atom. The minimum absolute atomic E-state index is 0.295. The molecule has 1 aliphatic rings. The van der Waals surface area contributed by atoms with Gasteiger partial charge in [-0.2, -0.15) is 0 Å². The summed E-state index contributed by atoms with van der Waals surface area (Å²) in [5.74, 6) is 0. The molecule has 0 aromatic heterocycles. The summed E-state index contributed by atoms with van der Waals surface area (Å²) < 4.78 is 9.87. The molecule has 1 amide bonds. The van der Waals surface area contributed by atoms with Crippen LogP contribution in [0.4, 0.5) is 4.79 Å². The van der Waals surface area contributed by atoms with Gasteiger partial charge >= 0.3 is 6.09 Å². The van der Waals surface area contributed by atoms with Gasteiger partial charge < -0.3 is 14.4 Å². The first-order valence-corrected chi connectivity index (χ1v) is 3.99. The number of hydrogen-bond donors (Lipinski definition) is 0. The number of rotatable bonds is 1. The van der Waals surface area contributed by atoms with E-state index in [9.17, 15) is 4.79 Å². The fourth-order valence-electron chi connectivity index (χ4n) is 0.947. The lowest BCUT2D eigenvalue weighted by Crippen LogP contribution is -2.40. The van der Waals surface area contributed by atoms with Crippen LogP contribution >= 0.6 is 0 Å². The Morgan fingerprint density at radius 1 is 1.50 bits per heavy atom. The van der Waals surface area contributed by atoms with Crippen LogP contribution in [0.3, 0.4) is 0 Å². The van der Waals surface area contributed by atoms with E-state index in [1.807, 2.05) is 0 Å². The van der Waals surface area contributed by atoms with E-state index in [1.165, 1.54) is 6.26 Å². The molecule has 1 aliphatic heterocycles. The molecule has 0 radical (unpaired) electrons. The molecule has 1 saturated heterocycles. The van der Waals surface area contributed by atoms with Gasteiger partial charge in [0.2, 0.25) is 0 Å². The molecule has 4 heteroatoms. The zero-order chi connectivity index (χ0) is 8.81. The van der Waals surface area contributed by atoms with Crippen LogP contribution in [0.5, 0.6) is 0 Å². The maximum atomic E-state index is 11.2. The second-order valence-corrected chi connectivity index (χ2v) is 2.45. The minimum atomic E-state index is -0.295. The van der Waals surface area contributed by atoms with Gasteiger partial charge in [0.15, 0.2) is 0 Å². The van der Waals surface area contributed by atoms with Crippen molar-refractivity contribution in [1.29, 1.82) is 0 Å². The van der Waals surface area contributed by atoms with E-state index >= 15 is 0 Å². The number of morpholine rings is 1. The van der Waals surface area contributed by atoms with E-state index in [4.69, 9.17) is 9.47 Å². The average Bonchev–Trinajstić information content (AvgIpc) is 2.15. The van der Waals surface area contributed by atoms with Crippen molar-refractivity contribution < 1.29 is 14.3 Å². The summed E-state index contributed by atoms with van der Waals surface area (Å²) in [4.78, 5) is 12.8. The van der Waals surface area contributed by atoms with Crippen LogP contribution in [0.1, 0.15) is 6.92 Å². The fourth-order valence-corrected chi connectivity index (χ4v) is 0.947. The second-order valence-electron chi connectivity index (χ2n) is 2.45. The molecule has 0 saturated carbocycles. The van der Waals surface area contributed by atoms with Crippen LogP contribution in [0.2, 0.25) is 0 Å². The van der Waals surface area contributed by atoms with Crippen molar-refractivity contribution in [2.24, 2.45) is 0 Å². The highest BCUT2D eigenvalue weighted by Crippen LogP contribution is 1.99. The zero-order valence-electron chi connectivity index (χ0n) is 7.16. The van der Waals surface area contributed by atoms with Gasteiger partial charge in [0.05, 0.1) is 19.5 Å². The molecule has 68 valence electrons. The van der Waals surface area contributed by atoms with Crippen molar-refractivity contribution in [2.75, 3.05) is 26.3 Å². The first kappa shape index (κ1) is 9.06. The lowest BCUT2D eigenvalue weighted by molar-refractivity contribution is 0.0373. The van der Waals surface area contributed by atoms with Gasteiger partial charge in [-0.1, -0.05) is 6.08 Å². The molecule has 12 heavy (non-hydrogen) atoms. The second kappa shape index (κ2) is 4.77. The quantitative estimate of drug-likeness (QED) is 0.552. The van der Waals surface area contributed by atoms with E-state index in [1.54, 1.807) is 17.9 Å². The largest absolute Gasteiger partial charge is 0.419 e. The van der Waals surface area contributed by atoms with Crippen molar-refractivity contribution in [2.45, 2.75) is 6.92 Å². The van der Waals surface area contributed by atoms with E-state index in [2.05, 4.69) is 0 Å².